The van der Waals surface area contributed by atoms with Crippen LogP contribution < -0.4 is 4.74 Å². The number of alkyl halides is 3. The summed E-state index contributed by atoms with van der Waals surface area (Å²) in [4.78, 5) is 15.8. The molecule has 6 nitrogen and oxygen atoms in total. The summed E-state index contributed by atoms with van der Waals surface area (Å²) in [6.07, 6.45) is -6.09. The van der Waals surface area contributed by atoms with Crippen LogP contribution in [0.5, 0.6) is 5.75 Å². The molecule has 1 aromatic carbocycles. The molecule has 3 rings (SSSR count). The molecule has 0 N–H and O–H groups in total. The van der Waals surface area contributed by atoms with Crippen molar-refractivity contribution in [1.82, 2.24) is 4.31 Å². The molecule has 11 heteroatoms. The fourth-order valence-electron chi connectivity index (χ4n) is 3.11. The summed E-state index contributed by atoms with van der Waals surface area (Å²) in [5.41, 5.74) is -2.04. The molecule has 0 bridgehead atoms. The minimum Gasteiger partial charge on any atom is -0.480 e. The molecule has 0 spiro atoms. The molecule has 1 aromatic heterocycles. The summed E-state index contributed by atoms with van der Waals surface area (Å²) in [5, 5.41) is 1.64. The van der Waals surface area contributed by atoms with Crippen molar-refractivity contribution in [2.24, 2.45) is 5.41 Å². The number of benzene rings is 1. The van der Waals surface area contributed by atoms with E-state index in [2.05, 4.69) is 4.85 Å². The Bertz CT molecular complexity index is 1150. The minimum atomic E-state index is -4.78. The Morgan fingerprint density at radius 3 is 2.50 bits per heavy atom. The van der Waals surface area contributed by atoms with Gasteiger partial charge in [-0.25, -0.2) is 17.6 Å². The van der Waals surface area contributed by atoms with E-state index in [1.807, 2.05) is 0 Å². The summed E-state index contributed by atoms with van der Waals surface area (Å²) in [6.45, 7) is 11.6. The third-order valence-electron chi connectivity index (χ3n) is 4.63. The Labute approximate surface area is 175 Å². The van der Waals surface area contributed by atoms with Crippen molar-refractivity contribution in [2.45, 2.75) is 37.3 Å². The monoisotopic (exact) mass is 458 g/mol. The normalized spacial score (nSPS) is 19.0. The number of rotatable bonds is 4. The second kappa shape index (κ2) is 7.28. The highest BCUT2D eigenvalue weighted by Gasteiger charge is 2.53. The van der Waals surface area contributed by atoms with Gasteiger partial charge in [-0.1, -0.05) is 19.9 Å². The molecular formula is C19H17F3N2O4S2. The molecule has 1 saturated heterocycles. The van der Waals surface area contributed by atoms with Crippen molar-refractivity contribution < 1.29 is 31.1 Å². The van der Waals surface area contributed by atoms with Crippen molar-refractivity contribution in [2.75, 3.05) is 6.54 Å². The van der Waals surface area contributed by atoms with Crippen molar-refractivity contribution in [3.05, 3.63) is 52.2 Å². The highest BCUT2D eigenvalue weighted by Crippen LogP contribution is 2.41. The first-order chi connectivity index (χ1) is 13.8. The average molecular weight is 458 g/mol. The lowest BCUT2D eigenvalue weighted by Crippen LogP contribution is -2.38. The van der Waals surface area contributed by atoms with Gasteiger partial charge in [-0.05, 0) is 36.1 Å². The average Bonchev–Trinajstić information content (AvgIpc) is 3.18. The van der Waals surface area contributed by atoms with Crippen LogP contribution in [0.4, 0.5) is 18.9 Å². The zero-order valence-corrected chi connectivity index (χ0v) is 17.8. The van der Waals surface area contributed by atoms with E-state index >= 15 is 0 Å². The van der Waals surface area contributed by atoms with Crippen LogP contribution >= 0.6 is 11.3 Å². The maximum atomic E-state index is 13.2. The van der Waals surface area contributed by atoms with Gasteiger partial charge in [0.25, 0.3) is 15.9 Å². The lowest BCUT2D eigenvalue weighted by molar-refractivity contribution is -0.137. The largest absolute Gasteiger partial charge is 0.480 e. The molecule has 0 saturated carbocycles. The van der Waals surface area contributed by atoms with Crippen LogP contribution in [0.2, 0.25) is 0 Å². The number of sulfonamides is 1. The third-order valence-corrected chi connectivity index (χ3v) is 7.91. The molecule has 2 aromatic rings. The van der Waals surface area contributed by atoms with E-state index in [9.17, 15) is 26.4 Å². The molecule has 1 atom stereocenters. The van der Waals surface area contributed by atoms with Gasteiger partial charge in [-0.15, -0.1) is 11.3 Å². The van der Waals surface area contributed by atoms with Crippen molar-refractivity contribution in [3.63, 3.8) is 0 Å². The zero-order chi connectivity index (χ0) is 22.5. The van der Waals surface area contributed by atoms with Gasteiger partial charge in [0.1, 0.15) is 9.96 Å². The van der Waals surface area contributed by atoms with Crippen LogP contribution in [0.15, 0.2) is 33.9 Å². The number of thiophene rings is 1. The van der Waals surface area contributed by atoms with Gasteiger partial charge in [0, 0.05) is 12.0 Å². The Hall–Kier alpha value is -2.58. The number of carbonyl (C=O) groups excluding carboxylic acids is 1. The van der Waals surface area contributed by atoms with Gasteiger partial charge >= 0.3 is 6.18 Å². The van der Waals surface area contributed by atoms with Crippen LogP contribution in [0, 0.1) is 18.9 Å². The Morgan fingerprint density at radius 2 is 1.97 bits per heavy atom. The highest BCUT2D eigenvalue weighted by molar-refractivity contribution is 7.91. The third kappa shape index (κ3) is 3.89. The number of hydrogen-bond donors (Lipinski definition) is 0. The second-order valence-corrected chi connectivity index (χ2v) is 10.6. The maximum Gasteiger partial charge on any atom is 0.407 e. The number of amides is 1. The SMILES string of the molecule is [C-]#[N+]c1ccc(OC2C(=O)N(S(=O)(=O)c3cc(C)cs3)CC2(C)C)cc1C(F)(F)F. The maximum absolute atomic E-state index is 13.2. The van der Waals surface area contributed by atoms with Crippen LogP contribution in [0.3, 0.4) is 0 Å². The lowest BCUT2D eigenvalue weighted by atomic mass is 9.89. The number of hydrogen-bond acceptors (Lipinski definition) is 5. The van der Waals surface area contributed by atoms with Crippen molar-refractivity contribution in [1.29, 1.82) is 0 Å². The van der Waals surface area contributed by atoms with E-state index in [1.165, 1.54) is 6.07 Å². The van der Waals surface area contributed by atoms with Crippen molar-refractivity contribution in [3.8, 4) is 5.75 Å². The Kier molecular flexibility index (Phi) is 5.37. The van der Waals surface area contributed by atoms with Crippen LogP contribution in [0.25, 0.3) is 4.85 Å². The zero-order valence-electron chi connectivity index (χ0n) is 16.1. The van der Waals surface area contributed by atoms with Crippen molar-refractivity contribution >= 4 is 33.0 Å². The molecule has 1 fully saturated rings. The summed E-state index contributed by atoms with van der Waals surface area (Å²) >= 11 is 0.984. The number of nitrogens with zero attached hydrogens (tertiary/aromatic N) is 2. The quantitative estimate of drug-likeness (QED) is 0.627. The van der Waals surface area contributed by atoms with E-state index in [4.69, 9.17) is 11.3 Å². The second-order valence-electron chi connectivity index (χ2n) is 7.57. The molecule has 2 heterocycles. The minimum absolute atomic E-state index is 0.00516. The van der Waals surface area contributed by atoms with Gasteiger partial charge in [0.15, 0.2) is 11.8 Å². The van der Waals surface area contributed by atoms with E-state index < -0.39 is 44.9 Å². The first kappa shape index (κ1) is 22.1. The van der Waals surface area contributed by atoms with E-state index in [0.29, 0.717) is 10.4 Å². The van der Waals surface area contributed by atoms with Crippen LogP contribution in [-0.2, 0) is 21.0 Å². The fraction of sp³-hybridized carbons (Fsp3) is 0.368. The van der Waals surface area contributed by atoms with Gasteiger partial charge in [-0.2, -0.15) is 13.2 Å². The van der Waals surface area contributed by atoms with Gasteiger partial charge in [0.2, 0.25) is 0 Å². The van der Waals surface area contributed by atoms with Crippen LogP contribution in [-0.4, -0.2) is 31.3 Å². The predicted octanol–water partition coefficient (Wildman–Crippen LogP) is 4.63. The molecule has 30 heavy (non-hydrogen) atoms. The first-order valence-corrected chi connectivity index (χ1v) is 11.0. The first-order valence-electron chi connectivity index (χ1n) is 8.64. The molecule has 0 aliphatic carbocycles. The lowest BCUT2D eigenvalue weighted by Gasteiger charge is -2.24. The molecule has 0 radical (unpaired) electrons. The van der Waals surface area contributed by atoms with Gasteiger partial charge < -0.3 is 4.74 Å². The molecule has 160 valence electrons. The standard InChI is InChI=1S/C19H17F3N2O4S2/c1-11-7-15(29-9-11)30(26,27)24-10-18(2,3)16(17(24)25)28-12-5-6-14(23-4)13(8-12)19(20,21)22/h5-9,16H,10H2,1-3H3. The van der Waals surface area contributed by atoms with E-state index in [0.717, 1.165) is 29.0 Å². The molecular weight excluding hydrogens is 441 g/mol. The molecule has 1 unspecified atom stereocenters. The fourth-order valence-corrected chi connectivity index (χ4v) is 6.02. The summed E-state index contributed by atoms with van der Waals surface area (Å²) < 4.78 is 71.7. The smallest absolute Gasteiger partial charge is 0.407 e. The topological polar surface area (TPSA) is 68.0 Å². The van der Waals surface area contributed by atoms with Crippen LogP contribution in [0.1, 0.15) is 25.0 Å². The van der Waals surface area contributed by atoms with E-state index in [-0.39, 0.29) is 16.5 Å². The molecule has 1 aliphatic heterocycles. The van der Waals surface area contributed by atoms with E-state index in [1.54, 1.807) is 26.2 Å². The van der Waals surface area contributed by atoms with Gasteiger partial charge in [0.05, 0.1) is 12.1 Å². The Balaban J connectivity index is 1.94. The number of halogens is 3. The summed E-state index contributed by atoms with van der Waals surface area (Å²) in [5.74, 6) is -1.12. The summed E-state index contributed by atoms with van der Waals surface area (Å²) in [6, 6.07) is 4.22. The molecule has 1 aliphatic rings. The predicted molar refractivity (Wildman–Crippen MR) is 104 cm³/mol. The Morgan fingerprint density at radius 1 is 1.30 bits per heavy atom. The number of aryl methyl sites for hydroxylation is 1. The molecule has 1 amide bonds. The number of ether oxygens (including phenoxy) is 1. The summed E-state index contributed by atoms with van der Waals surface area (Å²) in [7, 11) is -4.10. The highest BCUT2D eigenvalue weighted by atomic mass is 32.2. The number of carbonyl (C=O) groups is 1. The van der Waals surface area contributed by atoms with Gasteiger partial charge in [-0.3, -0.25) is 4.79 Å².